The zero-order valence-corrected chi connectivity index (χ0v) is 11.3. The maximum Gasteiger partial charge on any atom is 0.222 e. The highest BCUT2D eigenvalue weighted by Crippen LogP contribution is 2.10. The molecule has 2 N–H and O–H groups in total. The Morgan fingerprint density at radius 1 is 1.53 bits per heavy atom. The molecule has 0 spiro atoms. The molecule has 0 aromatic carbocycles. The second-order valence-electron chi connectivity index (χ2n) is 5.12. The van der Waals surface area contributed by atoms with E-state index in [0.717, 1.165) is 25.9 Å². The first-order valence-corrected chi connectivity index (χ1v) is 6.73. The molecule has 0 aliphatic carbocycles. The van der Waals surface area contributed by atoms with E-state index in [0.29, 0.717) is 18.9 Å². The number of hydrogen-bond donors (Lipinski definition) is 2. The molecule has 1 heterocycles. The Hall–Kier alpha value is -0.610. The lowest BCUT2D eigenvalue weighted by Crippen LogP contribution is -2.43. The molecule has 3 unspecified atom stereocenters. The van der Waals surface area contributed by atoms with Crippen molar-refractivity contribution in [1.82, 2.24) is 10.6 Å². The molecule has 0 radical (unpaired) electrons. The van der Waals surface area contributed by atoms with Crippen LogP contribution in [0.25, 0.3) is 0 Å². The minimum atomic E-state index is 0.0412. The lowest BCUT2D eigenvalue weighted by molar-refractivity contribution is -0.125. The summed E-state index contributed by atoms with van der Waals surface area (Å²) in [4.78, 5) is 11.8. The largest absolute Gasteiger partial charge is 0.375 e. The predicted molar refractivity (Wildman–Crippen MR) is 68.9 cm³/mol. The molecule has 0 saturated carbocycles. The molecule has 4 nitrogen and oxygen atoms in total. The number of amides is 1. The molecule has 0 aromatic rings. The molecule has 4 heteroatoms. The van der Waals surface area contributed by atoms with Gasteiger partial charge in [-0.2, -0.15) is 0 Å². The van der Waals surface area contributed by atoms with E-state index >= 15 is 0 Å². The molecule has 1 aliphatic heterocycles. The van der Waals surface area contributed by atoms with E-state index in [-0.39, 0.29) is 18.1 Å². The maximum atomic E-state index is 11.8. The van der Waals surface area contributed by atoms with E-state index in [2.05, 4.69) is 31.4 Å². The van der Waals surface area contributed by atoms with Crippen molar-refractivity contribution in [3.05, 3.63) is 0 Å². The number of nitrogens with one attached hydrogen (secondary N) is 2. The highest BCUT2D eigenvalue weighted by atomic mass is 16.5. The topological polar surface area (TPSA) is 50.4 Å². The summed E-state index contributed by atoms with van der Waals surface area (Å²) in [5.74, 6) is 0.771. The maximum absolute atomic E-state index is 11.8. The average molecular weight is 242 g/mol. The molecule has 100 valence electrons. The van der Waals surface area contributed by atoms with E-state index in [4.69, 9.17) is 4.74 Å². The minimum Gasteiger partial charge on any atom is -0.375 e. The van der Waals surface area contributed by atoms with Gasteiger partial charge in [0.1, 0.15) is 0 Å². The molecule has 1 aliphatic rings. The molecule has 1 saturated heterocycles. The Bertz CT molecular complexity index is 227. The number of carbonyl (C=O) groups excluding carboxylic acids is 1. The van der Waals surface area contributed by atoms with Crippen molar-refractivity contribution >= 4 is 5.91 Å². The van der Waals surface area contributed by atoms with Crippen LogP contribution in [-0.4, -0.2) is 37.7 Å². The molecule has 1 rings (SSSR count). The van der Waals surface area contributed by atoms with Crippen LogP contribution >= 0.6 is 0 Å². The first-order chi connectivity index (χ1) is 8.11. The fourth-order valence-electron chi connectivity index (χ4n) is 2.12. The SMILES string of the molecule is CCC(C)CC(C)NC(=O)CC1CNCCO1. The van der Waals surface area contributed by atoms with Crippen LogP contribution in [0.1, 0.15) is 40.0 Å². The van der Waals surface area contributed by atoms with E-state index in [1.54, 1.807) is 0 Å². The summed E-state index contributed by atoms with van der Waals surface area (Å²) in [6.45, 7) is 8.86. The average Bonchev–Trinajstić information content (AvgIpc) is 2.29. The van der Waals surface area contributed by atoms with Gasteiger partial charge in [-0.25, -0.2) is 0 Å². The molecule has 3 atom stereocenters. The zero-order valence-electron chi connectivity index (χ0n) is 11.3. The fourth-order valence-corrected chi connectivity index (χ4v) is 2.12. The quantitative estimate of drug-likeness (QED) is 0.738. The molecule has 1 amide bonds. The van der Waals surface area contributed by atoms with E-state index < -0.39 is 0 Å². The van der Waals surface area contributed by atoms with Crippen LogP contribution in [0.2, 0.25) is 0 Å². The second kappa shape index (κ2) is 7.67. The van der Waals surface area contributed by atoms with Crippen molar-refractivity contribution in [2.45, 2.75) is 52.2 Å². The lowest BCUT2D eigenvalue weighted by Gasteiger charge is -2.24. The van der Waals surface area contributed by atoms with Crippen molar-refractivity contribution in [3.63, 3.8) is 0 Å². The third kappa shape index (κ3) is 6.03. The monoisotopic (exact) mass is 242 g/mol. The molecule has 0 bridgehead atoms. The van der Waals surface area contributed by atoms with Crippen LogP contribution < -0.4 is 10.6 Å². The van der Waals surface area contributed by atoms with E-state index in [9.17, 15) is 4.79 Å². The Kier molecular flexibility index (Phi) is 6.52. The molecular weight excluding hydrogens is 216 g/mol. The Balaban J connectivity index is 2.18. The highest BCUT2D eigenvalue weighted by Gasteiger charge is 2.18. The van der Waals surface area contributed by atoms with Crippen LogP contribution in [0, 0.1) is 5.92 Å². The van der Waals surface area contributed by atoms with Crippen LogP contribution in [0.15, 0.2) is 0 Å². The summed E-state index contributed by atoms with van der Waals surface area (Å²) in [5.41, 5.74) is 0. The molecule has 1 fully saturated rings. The van der Waals surface area contributed by atoms with Crippen LogP contribution in [0.5, 0.6) is 0 Å². The first-order valence-electron chi connectivity index (χ1n) is 6.73. The van der Waals surface area contributed by atoms with Crippen molar-refractivity contribution < 1.29 is 9.53 Å². The summed E-state index contributed by atoms with van der Waals surface area (Å²) >= 11 is 0. The Morgan fingerprint density at radius 3 is 2.88 bits per heavy atom. The van der Waals surface area contributed by atoms with Gasteiger partial charge in [0.25, 0.3) is 0 Å². The Morgan fingerprint density at radius 2 is 2.29 bits per heavy atom. The van der Waals surface area contributed by atoms with Gasteiger partial charge in [-0.1, -0.05) is 20.3 Å². The fraction of sp³-hybridized carbons (Fsp3) is 0.923. The summed E-state index contributed by atoms with van der Waals surface area (Å²) in [7, 11) is 0. The van der Waals surface area contributed by atoms with Gasteiger partial charge < -0.3 is 15.4 Å². The molecule has 17 heavy (non-hydrogen) atoms. The summed E-state index contributed by atoms with van der Waals surface area (Å²) in [5, 5.41) is 6.28. The number of morpholine rings is 1. The van der Waals surface area contributed by atoms with Crippen LogP contribution in [0.3, 0.4) is 0 Å². The summed E-state index contributed by atoms with van der Waals surface area (Å²) in [6, 6.07) is 0.258. The number of ether oxygens (including phenoxy) is 1. The van der Waals surface area contributed by atoms with Gasteiger partial charge in [0.15, 0.2) is 0 Å². The van der Waals surface area contributed by atoms with E-state index in [1.807, 2.05) is 0 Å². The third-order valence-electron chi connectivity index (χ3n) is 3.28. The van der Waals surface area contributed by atoms with Crippen molar-refractivity contribution in [1.29, 1.82) is 0 Å². The van der Waals surface area contributed by atoms with Crippen LogP contribution in [-0.2, 0) is 9.53 Å². The smallest absolute Gasteiger partial charge is 0.222 e. The van der Waals surface area contributed by atoms with Gasteiger partial charge in [-0.15, -0.1) is 0 Å². The number of hydrogen-bond acceptors (Lipinski definition) is 3. The first kappa shape index (κ1) is 14.5. The summed E-state index contributed by atoms with van der Waals surface area (Å²) in [6.07, 6.45) is 2.72. The van der Waals surface area contributed by atoms with Gasteiger partial charge >= 0.3 is 0 Å². The molecule has 0 aromatic heterocycles. The standard InChI is InChI=1S/C13H26N2O2/c1-4-10(2)7-11(3)15-13(16)8-12-9-14-5-6-17-12/h10-12,14H,4-9H2,1-3H3,(H,15,16). The zero-order chi connectivity index (χ0) is 12.7. The second-order valence-corrected chi connectivity index (χ2v) is 5.12. The molecular formula is C13H26N2O2. The van der Waals surface area contributed by atoms with Gasteiger partial charge in [-0.05, 0) is 19.3 Å². The van der Waals surface area contributed by atoms with Gasteiger partial charge in [0.05, 0.1) is 19.1 Å². The van der Waals surface area contributed by atoms with Gasteiger partial charge in [0, 0.05) is 19.1 Å². The van der Waals surface area contributed by atoms with Crippen molar-refractivity contribution in [3.8, 4) is 0 Å². The third-order valence-corrected chi connectivity index (χ3v) is 3.28. The van der Waals surface area contributed by atoms with Crippen LogP contribution in [0.4, 0.5) is 0 Å². The normalized spacial score (nSPS) is 24.1. The van der Waals surface area contributed by atoms with Gasteiger partial charge in [-0.3, -0.25) is 4.79 Å². The minimum absolute atomic E-state index is 0.0412. The highest BCUT2D eigenvalue weighted by molar-refractivity contribution is 5.76. The summed E-state index contributed by atoms with van der Waals surface area (Å²) < 4.78 is 5.51. The van der Waals surface area contributed by atoms with Gasteiger partial charge in [0.2, 0.25) is 5.91 Å². The number of rotatable bonds is 6. The number of carbonyl (C=O) groups is 1. The van der Waals surface area contributed by atoms with Crippen molar-refractivity contribution in [2.75, 3.05) is 19.7 Å². The van der Waals surface area contributed by atoms with E-state index in [1.165, 1.54) is 0 Å². The Labute approximate surface area is 104 Å². The lowest BCUT2D eigenvalue weighted by atomic mass is 10.0. The predicted octanol–water partition coefficient (Wildman–Crippen LogP) is 1.31. The van der Waals surface area contributed by atoms with Crippen molar-refractivity contribution in [2.24, 2.45) is 5.92 Å².